The molecule has 2 rings (SSSR count). The lowest BCUT2D eigenvalue weighted by atomic mass is 10.0. The van der Waals surface area contributed by atoms with E-state index in [1.54, 1.807) is 12.4 Å². The summed E-state index contributed by atoms with van der Waals surface area (Å²) in [5.41, 5.74) is 3.19. The molecule has 0 saturated heterocycles. The predicted molar refractivity (Wildman–Crippen MR) is 99.8 cm³/mol. The van der Waals surface area contributed by atoms with Crippen molar-refractivity contribution in [2.24, 2.45) is 0 Å². The molecule has 0 aliphatic rings. The van der Waals surface area contributed by atoms with Gasteiger partial charge in [0.05, 0.1) is 0 Å². The van der Waals surface area contributed by atoms with E-state index in [0.29, 0.717) is 19.4 Å². The Kier molecular flexibility index (Phi) is 7.61. The lowest BCUT2D eigenvalue weighted by Gasteiger charge is -2.19. The molecule has 6 heteroatoms. The lowest BCUT2D eigenvalue weighted by Crippen LogP contribution is -2.43. The molecule has 0 aliphatic heterocycles. The van der Waals surface area contributed by atoms with Gasteiger partial charge >= 0.3 is 12.0 Å². The number of nitrogens with zero attached hydrogens (tertiary/aromatic N) is 1. The molecule has 1 aromatic heterocycles. The topological polar surface area (TPSA) is 91.3 Å². The highest BCUT2D eigenvalue weighted by atomic mass is 16.4. The standard InChI is InChI=1S/C20H25N3O3/c1-2-16-13-21-11-10-17(16)14-22-20(26)23-18(8-9-19(24)25)12-15-6-4-3-5-7-15/h3-7,10-11,13,18H,2,8-9,12,14H2,1H3,(H,24,25)(H2,22,23,26). The largest absolute Gasteiger partial charge is 0.481 e. The molecule has 0 aliphatic carbocycles. The average molecular weight is 355 g/mol. The number of aromatic nitrogens is 1. The van der Waals surface area contributed by atoms with Crippen molar-refractivity contribution >= 4 is 12.0 Å². The predicted octanol–water partition coefficient (Wildman–Crippen LogP) is 2.92. The van der Waals surface area contributed by atoms with Gasteiger partial charge in [-0.05, 0) is 42.0 Å². The number of carbonyl (C=O) groups is 2. The van der Waals surface area contributed by atoms with E-state index in [2.05, 4.69) is 15.6 Å². The molecule has 138 valence electrons. The Morgan fingerprint density at radius 3 is 2.62 bits per heavy atom. The average Bonchev–Trinajstić information content (AvgIpc) is 2.65. The maximum absolute atomic E-state index is 12.3. The van der Waals surface area contributed by atoms with Crippen LogP contribution in [0.2, 0.25) is 0 Å². The molecule has 0 radical (unpaired) electrons. The molecule has 0 spiro atoms. The second kappa shape index (κ2) is 10.2. The van der Waals surface area contributed by atoms with Crippen LogP contribution in [0.15, 0.2) is 48.8 Å². The van der Waals surface area contributed by atoms with Gasteiger partial charge in [-0.2, -0.15) is 0 Å². The second-order valence-electron chi connectivity index (χ2n) is 6.14. The number of hydrogen-bond acceptors (Lipinski definition) is 3. The molecule has 26 heavy (non-hydrogen) atoms. The smallest absolute Gasteiger partial charge is 0.315 e. The van der Waals surface area contributed by atoms with Gasteiger partial charge in [0.1, 0.15) is 0 Å². The fourth-order valence-corrected chi connectivity index (χ4v) is 2.78. The minimum Gasteiger partial charge on any atom is -0.481 e. The van der Waals surface area contributed by atoms with E-state index in [9.17, 15) is 9.59 Å². The third-order valence-corrected chi connectivity index (χ3v) is 4.19. The van der Waals surface area contributed by atoms with Gasteiger partial charge in [-0.15, -0.1) is 0 Å². The minimum atomic E-state index is -0.866. The summed E-state index contributed by atoms with van der Waals surface area (Å²) in [7, 11) is 0. The SMILES string of the molecule is CCc1cnccc1CNC(=O)NC(CCC(=O)O)Cc1ccccc1. The summed E-state index contributed by atoms with van der Waals surface area (Å²) >= 11 is 0. The first-order chi connectivity index (χ1) is 12.6. The first kappa shape index (κ1) is 19.4. The highest BCUT2D eigenvalue weighted by Gasteiger charge is 2.15. The normalized spacial score (nSPS) is 11.6. The third-order valence-electron chi connectivity index (χ3n) is 4.19. The van der Waals surface area contributed by atoms with Crippen LogP contribution in [0.4, 0.5) is 4.79 Å². The Morgan fingerprint density at radius 2 is 1.92 bits per heavy atom. The first-order valence-corrected chi connectivity index (χ1v) is 8.80. The zero-order valence-electron chi connectivity index (χ0n) is 14.9. The number of aliphatic carboxylic acids is 1. The Balaban J connectivity index is 1.93. The number of nitrogens with one attached hydrogen (secondary N) is 2. The molecule has 3 N–H and O–H groups in total. The summed E-state index contributed by atoms with van der Waals surface area (Å²) in [6, 6.07) is 11.1. The molecule has 6 nitrogen and oxygen atoms in total. The minimum absolute atomic E-state index is 0.0160. The highest BCUT2D eigenvalue weighted by molar-refractivity contribution is 5.74. The van der Waals surface area contributed by atoms with Gasteiger partial charge in [0.25, 0.3) is 0 Å². The Hall–Kier alpha value is -2.89. The number of carboxylic acids is 1. The number of hydrogen-bond donors (Lipinski definition) is 3. The highest BCUT2D eigenvalue weighted by Crippen LogP contribution is 2.09. The fourth-order valence-electron chi connectivity index (χ4n) is 2.78. The zero-order chi connectivity index (χ0) is 18.8. The number of carbonyl (C=O) groups excluding carboxylic acids is 1. The van der Waals surface area contributed by atoms with Crippen molar-refractivity contribution in [2.45, 2.75) is 45.2 Å². The van der Waals surface area contributed by atoms with Crippen LogP contribution in [0, 0.1) is 0 Å². The van der Waals surface area contributed by atoms with Crippen molar-refractivity contribution in [3.05, 3.63) is 65.5 Å². The molecule has 1 atom stereocenters. The lowest BCUT2D eigenvalue weighted by molar-refractivity contribution is -0.137. The Morgan fingerprint density at radius 1 is 1.15 bits per heavy atom. The number of carboxylic acid groups (broad SMARTS) is 1. The summed E-state index contributed by atoms with van der Waals surface area (Å²) in [5, 5.41) is 14.7. The molecule has 1 heterocycles. The van der Waals surface area contributed by atoms with Gasteiger partial charge in [0, 0.05) is 31.4 Å². The Labute approximate surface area is 153 Å². The van der Waals surface area contributed by atoms with Gasteiger partial charge in [0.2, 0.25) is 0 Å². The van der Waals surface area contributed by atoms with E-state index >= 15 is 0 Å². The summed E-state index contributed by atoms with van der Waals surface area (Å²) in [6.07, 6.45) is 5.35. The van der Waals surface area contributed by atoms with Crippen molar-refractivity contribution in [3.63, 3.8) is 0 Å². The van der Waals surface area contributed by atoms with Crippen molar-refractivity contribution in [1.82, 2.24) is 15.6 Å². The molecule has 2 amide bonds. The molecule has 2 aromatic rings. The van der Waals surface area contributed by atoms with Crippen LogP contribution in [0.1, 0.15) is 36.5 Å². The van der Waals surface area contributed by atoms with E-state index in [-0.39, 0.29) is 18.5 Å². The molecule has 1 unspecified atom stereocenters. The number of urea groups is 1. The monoisotopic (exact) mass is 355 g/mol. The van der Waals surface area contributed by atoms with Crippen LogP contribution < -0.4 is 10.6 Å². The Bertz CT molecular complexity index is 719. The van der Waals surface area contributed by atoms with Crippen molar-refractivity contribution in [2.75, 3.05) is 0 Å². The number of pyridine rings is 1. The second-order valence-corrected chi connectivity index (χ2v) is 6.14. The maximum Gasteiger partial charge on any atom is 0.315 e. The fraction of sp³-hybridized carbons (Fsp3) is 0.350. The molecule has 0 fully saturated rings. The summed E-state index contributed by atoms with van der Waals surface area (Å²) in [4.78, 5) is 27.3. The molecule has 1 aromatic carbocycles. The number of benzene rings is 1. The molecule has 0 bridgehead atoms. The third kappa shape index (κ3) is 6.55. The molecular weight excluding hydrogens is 330 g/mol. The van der Waals surface area contributed by atoms with Crippen LogP contribution >= 0.6 is 0 Å². The summed E-state index contributed by atoms with van der Waals surface area (Å²) in [6.45, 7) is 2.46. The zero-order valence-corrected chi connectivity index (χ0v) is 14.9. The van der Waals surface area contributed by atoms with Crippen molar-refractivity contribution in [3.8, 4) is 0 Å². The van der Waals surface area contributed by atoms with Crippen LogP contribution in [-0.4, -0.2) is 28.1 Å². The van der Waals surface area contributed by atoms with Crippen molar-refractivity contribution < 1.29 is 14.7 Å². The van der Waals surface area contributed by atoms with E-state index in [1.165, 1.54) is 0 Å². The van der Waals surface area contributed by atoms with Gasteiger partial charge < -0.3 is 15.7 Å². The number of rotatable bonds is 9. The van der Waals surface area contributed by atoms with E-state index in [0.717, 1.165) is 23.1 Å². The first-order valence-electron chi connectivity index (χ1n) is 8.80. The van der Waals surface area contributed by atoms with Gasteiger partial charge in [-0.3, -0.25) is 9.78 Å². The van der Waals surface area contributed by atoms with Gasteiger partial charge in [-0.1, -0.05) is 37.3 Å². The maximum atomic E-state index is 12.3. The molecule has 0 saturated carbocycles. The van der Waals surface area contributed by atoms with Crippen molar-refractivity contribution in [1.29, 1.82) is 0 Å². The van der Waals surface area contributed by atoms with Crippen LogP contribution in [0.25, 0.3) is 0 Å². The summed E-state index contributed by atoms with van der Waals surface area (Å²) < 4.78 is 0. The quantitative estimate of drug-likeness (QED) is 0.645. The van der Waals surface area contributed by atoms with Crippen LogP contribution in [0.3, 0.4) is 0 Å². The van der Waals surface area contributed by atoms with Crippen LogP contribution in [0.5, 0.6) is 0 Å². The van der Waals surface area contributed by atoms with E-state index in [4.69, 9.17) is 5.11 Å². The molecular formula is C20H25N3O3. The van der Waals surface area contributed by atoms with Gasteiger partial charge in [-0.25, -0.2) is 4.79 Å². The number of amides is 2. The van der Waals surface area contributed by atoms with E-state index in [1.807, 2.05) is 43.3 Å². The van der Waals surface area contributed by atoms with Gasteiger partial charge in [0.15, 0.2) is 0 Å². The van der Waals surface area contributed by atoms with Crippen LogP contribution in [-0.2, 0) is 24.2 Å². The summed E-state index contributed by atoms with van der Waals surface area (Å²) in [5.74, 6) is -0.866. The van der Waals surface area contributed by atoms with E-state index < -0.39 is 5.97 Å². The number of aryl methyl sites for hydroxylation is 1.